The van der Waals surface area contributed by atoms with E-state index in [9.17, 15) is 13.2 Å². The van der Waals surface area contributed by atoms with E-state index < -0.39 is 11.7 Å². The lowest BCUT2D eigenvalue weighted by Crippen LogP contribution is -2.22. The van der Waals surface area contributed by atoms with E-state index in [-0.39, 0.29) is 22.8 Å². The van der Waals surface area contributed by atoms with Crippen LogP contribution in [0, 0.1) is 11.3 Å². The number of aromatic nitrogens is 4. The second kappa shape index (κ2) is 6.80. The first kappa shape index (κ1) is 16.8. The largest absolute Gasteiger partial charge is 0.418 e. The van der Waals surface area contributed by atoms with Crippen molar-refractivity contribution in [2.45, 2.75) is 19.0 Å². The zero-order valence-electron chi connectivity index (χ0n) is 13.0. The molecule has 1 aliphatic heterocycles. The highest BCUT2D eigenvalue weighted by Crippen LogP contribution is 2.39. The van der Waals surface area contributed by atoms with Gasteiger partial charge in [-0.05, 0) is 36.3 Å². The SMILES string of the molecule is N#CC(=CNc1ccc(N2CCCC2)c(C(F)(F)F)c1)c1nn[nH]n1. The number of nitrogens with zero attached hydrogens (tertiary/aromatic N) is 5. The molecule has 1 aromatic carbocycles. The van der Waals surface area contributed by atoms with E-state index in [1.54, 1.807) is 11.0 Å². The normalized spacial score (nSPS) is 15.3. The van der Waals surface area contributed by atoms with Crippen LogP contribution in [0.25, 0.3) is 5.57 Å². The van der Waals surface area contributed by atoms with Crippen molar-refractivity contribution in [2.75, 3.05) is 23.3 Å². The van der Waals surface area contributed by atoms with E-state index in [1.807, 2.05) is 6.07 Å². The van der Waals surface area contributed by atoms with Crippen molar-refractivity contribution in [1.29, 1.82) is 5.26 Å². The van der Waals surface area contributed by atoms with Crippen LogP contribution in [0.5, 0.6) is 0 Å². The second-order valence-electron chi connectivity index (χ2n) is 5.47. The zero-order chi connectivity index (χ0) is 17.9. The summed E-state index contributed by atoms with van der Waals surface area (Å²) >= 11 is 0. The number of hydrogen-bond acceptors (Lipinski definition) is 6. The highest BCUT2D eigenvalue weighted by Gasteiger charge is 2.35. The Hall–Kier alpha value is -3.09. The van der Waals surface area contributed by atoms with Crippen LogP contribution in [0.2, 0.25) is 0 Å². The van der Waals surface area contributed by atoms with Crippen molar-refractivity contribution >= 4 is 16.9 Å². The van der Waals surface area contributed by atoms with E-state index >= 15 is 0 Å². The van der Waals surface area contributed by atoms with Crippen LogP contribution in [0.4, 0.5) is 24.5 Å². The number of nitriles is 1. The van der Waals surface area contributed by atoms with Crippen LogP contribution in [0.15, 0.2) is 24.4 Å². The van der Waals surface area contributed by atoms with E-state index in [0.717, 1.165) is 18.9 Å². The number of halogens is 3. The maximum Gasteiger partial charge on any atom is 0.418 e. The lowest BCUT2D eigenvalue weighted by atomic mass is 10.1. The summed E-state index contributed by atoms with van der Waals surface area (Å²) in [6, 6.07) is 5.89. The summed E-state index contributed by atoms with van der Waals surface area (Å²) < 4.78 is 40.2. The van der Waals surface area contributed by atoms with Crippen molar-refractivity contribution in [3.63, 3.8) is 0 Å². The van der Waals surface area contributed by atoms with Crippen LogP contribution < -0.4 is 10.2 Å². The molecule has 0 amide bonds. The van der Waals surface area contributed by atoms with Crippen molar-refractivity contribution < 1.29 is 13.2 Å². The fraction of sp³-hybridized carbons (Fsp3) is 0.333. The van der Waals surface area contributed by atoms with Gasteiger partial charge in [-0.15, -0.1) is 10.2 Å². The Labute approximate surface area is 141 Å². The topological polar surface area (TPSA) is 93.5 Å². The molecule has 0 aliphatic carbocycles. The monoisotopic (exact) mass is 349 g/mol. The highest BCUT2D eigenvalue weighted by molar-refractivity contribution is 5.74. The summed E-state index contributed by atoms with van der Waals surface area (Å²) in [5.74, 6) is 0.0553. The Kier molecular flexibility index (Phi) is 4.56. The number of hydrogen-bond donors (Lipinski definition) is 2. The predicted molar refractivity (Wildman–Crippen MR) is 84.3 cm³/mol. The first-order valence-corrected chi connectivity index (χ1v) is 7.56. The summed E-state index contributed by atoms with van der Waals surface area (Å²) in [6.45, 7) is 1.23. The van der Waals surface area contributed by atoms with Gasteiger partial charge in [0.1, 0.15) is 11.6 Å². The van der Waals surface area contributed by atoms with Crippen molar-refractivity contribution in [3.05, 3.63) is 35.8 Å². The molecule has 3 rings (SSSR count). The van der Waals surface area contributed by atoms with E-state index in [0.29, 0.717) is 13.1 Å². The third-order valence-corrected chi connectivity index (χ3v) is 3.84. The number of alkyl halides is 3. The first-order chi connectivity index (χ1) is 12.0. The molecule has 0 spiro atoms. The molecular weight excluding hydrogens is 335 g/mol. The highest BCUT2D eigenvalue weighted by atomic mass is 19.4. The zero-order valence-corrected chi connectivity index (χ0v) is 13.0. The van der Waals surface area contributed by atoms with Gasteiger partial charge in [0.2, 0.25) is 5.82 Å². The van der Waals surface area contributed by atoms with Crippen molar-refractivity contribution in [2.24, 2.45) is 0 Å². The summed E-state index contributed by atoms with van der Waals surface area (Å²) in [7, 11) is 0. The second-order valence-corrected chi connectivity index (χ2v) is 5.47. The van der Waals surface area contributed by atoms with E-state index in [2.05, 4.69) is 25.9 Å². The molecular formula is C15H14F3N7. The van der Waals surface area contributed by atoms with Crippen molar-refractivity contribution in [3.8, 4) is 6.07 Å². The molecule has 25 heavy (non-hydrogen) atoms. The lowest BCUT2D eigenvalue weighted by molar-refractivity contribution is -0.137. The van der Waals surface area contributed by atoms with Crippen LogP contribution in [-0.4, -0.2) is 33.7 Å². The summed E-state index contributed by atoms with van der Waals surface area (Å²) in [4.78, 5) is 1.74. The van der Waals surface area contributed by atoms with Crippen LogP contribution >= 0.6 is 0 Å². The molecule has 130 valence electrons. The third-order valence-electron chi connectivity index (χ3n) is 3.84. The van der Waals surface area contributed by atoms with E-state index in [1.165, 1.54) is 12.3 Å². The first-order valence-electron chi connectivity index (χ1n) is 7.56. The molecule has 1 saturated heterocycles. The Balaban J connectivity index is 1.89. The number of H-pyrrole nitrogens is 1. The maximum absolute atomic E-state index is 13.4. The minimum Gasteiger partial charge on any atom is -0.371 e. The molecule has 0 saturated carbocycles. The number of allylic oxidation sites excluding steroid dienone is 1. The molecule has 0 bridgehead atoms. The van der Waals surface area contributed by atoms with Gasteiger partial charge >= 0.3 is 6.18 Å². The molecule has 1 fully saturated rings. The number of aromatic amines is 1. The Morgan fingerprint density at radius 2 is 2.08 bits per heavy atom. The number of benzene rings is 1. The van der Waals surface area contributed by atoms with Crippen LogP contribution in [0.3, 0.4) is 0 Å². The number of nitrogens with one attached hydrogen (secondary N) is 2. The molecule has 10 heteroatoms. The third kappa shape index (κ3) is 3.71. The van der Waals surface area contributed by atoms with Crippen molar-refractivity contribution in [1.82, 2.24) is 20.6 Å². The van der Waals surface area contributed by atoms with Crippen LogP contribution in [-0.2, 0) is 6.18 Å². The molecule has 2 heterocycles. The Bertz CT molecular complexity index is 800. The fourth-order valence-corrected chi connectivity index (χ4v) is 2.66. The molecule has 0 atom stereocenters. The van der Waals surface area contributed by atoms with Crippen LogP contribution in [0.1, 0.15) is 24.2 Å². The smallest absolute Gasteiger partial charge is 0.371 e. The Morgan fingerprint density at radius 1 is 1.32 bits per heavy atom. The average Bonchev–Trinajstić information content (AvgIpc) is 3.28. The average molecular weight is 349 g/mol. The van der Waals surface area contributed by atoms with Gasteiger partial charge in [0, 0.05) is 30.7 Å². The van der Waals surface area contributed by atoms with Gasteiger partial charge in [0.05, 0.1) is 5.56 Å². The quantitative estimate of drug-likeness (QED) is 0.825. The van der Waals surface area contributed by atoms with Gasteiger partial charge in [0.15, 0.2) is 0 Å². The summed E-state index contributed by atoms with van der Waals surface area (Å²) in [5, 5.41) is 24.6. The van der Waals surface area contributed by atoms with Gasteiger partial charge < -0.3 is 10.2 Å². The number of anilines is 2. The molecule has 1 aliphatic rings. The van der Waals surface area contributed by atoms with Gasteiger partial charge in [-0.2, -0.15) is 23.6 Å². The summed E-state index contributed by atoms with van der Waals surface area (Å²) in [6.07, 6.45) is -1.45. The van der Waals surface area contributed by atoms with Gasteiger partial charge in [-0.25, -0.2) is 0 Å². The fourth-order valence-electron chi connectivity index (χ4n) is 2.66. The standard InChI is InChI=1S/C15H14F3N7/c16-15(17,18)12-7-11(3-4-13(12)25-5-1-2-6-25)20-9-10(8-19)14-21-23-24-22-14/h3-4,7,9,20H,1-2,5-6H2,(H,21,22,23,24). The van der Waals surface area contributed by atoms with Gasteiger partial charge in [-0.1, -0.05) is 0 Å². The number of tetrazole rings is 1. The molecule has 0 unspecified atom stereocenters. The Morgan fingerprint density at radius 3 is 2.68 bits per heavy atom. The summed E-state index contributed by atoms with van der Waals surface area (Å²) in [5.41, 5.74) is -0.262. The molecule has 2 aromatic rings. The minimum absolute atomic E-state index is 0.0472. The van der Waals surface area contributed by atoms with E-state index in [4.69, 9.17) is 5.26 Å². The minimum atomic E-state index is -4.47. The predicted octanol–water partition coefficient (Wildman–Crippen LogP) is 2.80. The molecule has 0 radical (unpaired) electrons. The molecule has 2 N–H and O–H groups in total. The number of rotatable bonds is 4. The van der Waals surface area contributed by atoms with Gasteiger partial charge in [-0.3, -0.25) is 0 Å². The molecule has 1 aromatic heterocycles. The maximum atomic E-state index is 13.4. The lowest BCUT2D eigenvalue weighted by Gasteiger charge is -2.23. The molecule has 7 nitrogen and oxygen atoms in total. The van der Waals surface area contributed by atoms with Gasteiger partial charge in [0.25, 0.3) is 0 Å².